The fourth-order valence-corrected chi connectivity index (χ4v) is 5.36. The Balaban J connectivity index is 1.29. The molecular formula is C24H26ClFN6O. The quantitative estimate of drug-likeness (QED) is 0.568. The first-order valence-electron chi connectivity index (χ1n) is 11.5. The highest BCUT2D eigenvalue weighted by atomic mass is 35.5. The first kappa shape index (κ1) is 20.9. The number of pyridine rings is 1. The van der Waals surface area contributed by atoms with Crippen molar-refractivity contribution in [3.8, 4) is 11.4 Å². The smallest absolute Gasteiger partial charge is 0.171 e. The van der Waals surface area contributed by atoms with Crippen molar-refractivity contribution in [3.05, 3.63) is 58.5 Å². The Morgan fingerprint density at radius 3 is 2.64 bits per heavy atom. The summed E-state index contributed by atoms with van der Waals surface area (Å²) in [6.07, 6.45) is 5.56. The second kappa shape index (κ2) is 8.25. The average molecular weight is 469 g/mol. The van der Waals surface area contributed by atoms with Crippen molar-refractivity contribution in [2.45, 2.75) is 50.7 Å². The molecule has 1 saturated carbocycles. The van der Waals surface area contributed by atoms with E-state index < -0.39 is 5.82 Å². The number of benzene rings is 1. The molecule has 2 aromatic heterocycles. The largest absolute Gasteiger partial charge is 0.493 e. The molecular weight excluding hydrogens is 443 g/mol. The zero-order chi connectivity index (χ0) is 22.5. The molecule has 0 N–H and O–H groups in total. The van der Waals surface area contributed by atoms with Gasteiger partial charge in [-0.1, -0.05) is 11.6 Å². The average Bonchev–Trinajstić information content (AvgIpc) is 3.61. The van der Waals surface area contributed by atoms with E-state index in [2.05, 4.69) is 41.7 Å². The van der Waals surface area contributed by atoms with E-state index in [1.165, 1.54) is 30.7 Å². The SMILES string of the molecule is COc1cc(F)cnc1N1CCC(c2nnc3n2-c2ccc(Cl)cc2CN(C2CC2)C3)CC1. The molecule has 0 atom stereocenters. The van der Waals surface area contributed by atoms with Gasteiger partial charge < -0.3 is 9.64 Å². The number of anilines is 1. The van der Waals surface area contributed by atoms with E-state index in [0.29, 0.717) is 17.6 Å². The monoisotopic (exact) mass is 468 g/mol. The molecule has 2 aliphatic heterocycles. The van der Waals surface area contributed by atoms with Crippen molar-refractivity contribution in [2.24, 2.45) is 0 Å². The molecule has 172 valence electrons. The Labute approximate surface area is 197 Å². The minimum atomic E-state index is -0.393. The summed E-state index contributed by atoms with van der Waals surface area (Å²) in [7, 11) is 1.55. The predicted octanol–water partition coefficient (Wildman–Crippen LogP) is 4.33. The van der Waals surface area contributed by atoms with E-state index >= 15 is 0 Å². The molecule has 4 heterocycles. The lowest BCUT2D eigenvalue weighted by atomic mass is 9.95. The highest BCUT2D eigenvalue weighted by molar-refractivity contribution is 6.30. The lowest BCUT2D eigenvalue weighted by Crippen LogP contribution is -2.34. The van der Waals surface area contributed by atoms with E-state index in [-0.39, 0.29) is 5.92 Å². The number of halogens is 2. The molecule has 0 bridgehead atoms. The number of hydrogen-bond acceptors (Lipinski definition) is 6. The fourth-order valence-electron chi connectivity index (χ4n) is 5.16. The van der Waals surface area contributed by atoms with Crippen LogP contribution >= 0.6 is 11.6 Å². The maximum Gasteiger partial charge on any atom is 0.171 e. The van der Waals surface area contributed by atoms with Crippen LogP contribution in [-0.4, -0.2) is 50.9 Å². The van der Waals surface area contributed by atoms with Gasteiger partial charge in [-0.3, -0.25) is 9.47 Å². The summed E-state index contributed by atoms with van der Waals surface area (Å²) >= 11 is 6.37. The first-order valence-corrected chi connectivity index (χ1v) is 11.9. The first-order chi connectivity index (χ1) is 16.1. The van der Waals surface area contributed by atoms with E-state index in [1.54, 1.807) is 7.11 Å². The Morgan fingerprint density at radius 1 is 1.06 bits per heavy atom. The highest BCUT2D eigenvalue weighted by Gasteiger charge is 2.35. The standard InChI is InChI=1S/C24H26ClFN6O/c1-33-21-11-18(26)12-27-24(21)30-8-6-15(7-9-30)23-29-28-22-14-31(19-3-4-19)13-16-10-17(25)2-5-20(16)32(22)23/h2,5,10-12,15,19H,3-4,6-9,13-14H2,1H3. The van der Waals surface area contributed by atoms with Gasteiger partial charge in [-0.05, 0) is 49.4 Å². The van der Waals surface area contributed by atoms with Gasteiger partial charge in [0, 0.05) is 42.7 Å². The van der Waals surface area contributed by atoms with Crippen LogP contribution in [-0.2, 0) is 13.1 Å². The summed E-state index contributed by atoms with van der Waals surface area (Å²) in [5.74, 6) is 3.07. The zero-order valence-electron chi connectivity index (χ0n) is 18.5. The molecule has 0 radical (unpaired) electrons. The molecule has 0 unspecified atom stereocenters. The number of ether oxygens (including phenoxy) is 1. The van der Waals surface area contributed by atoms with Gasteiger partial charge in [-0.25, -0.2) is 9.37 Å². The normalized spacial score (nSPS) is 19.2. The molecule has 9 heteroatoms. The van der Waals surface area contributed by atoms with Crippen LogP contribution in [0.4, 0.5) is 10.2 Å². The third-order valence-electron chi connectivity index (χ3n) is 7.00. The molecule has 6 rings (SSSR count). The van der Waals surface area contributed by atoms with Crippen molar-refractivity contribution in [1.29, 1.82) is 0 Å². The van der Waals surface area contributed by atoms with Crippen LogP contribution in [0.5, 0.6) is 5.75 Å². The summed E-state index contributed by atoms with van der Waals surface area (Å²) in [5, 5.41) is 10.1. The van der Waals surface area contributed by atoms with Crippen LogP contribution < -0.4 is 9.64 Å². The molecule has 0 spiro atoms. The van der Waals surface area contributed by atoms with Crippen LogP contribution in [0.15, 0.2) is 30.5 Å². The minimum absolute atomic E-state index is 0.282. The van der Waals surface area contributed by atoms with Crippen molar-refractivity contribution in [1.82, 2.24) is 24.6 Å². The second-order valence-electron chi connectivity index (χ2n) is 9.16. The van der Waals surface area contributed by atoms with E-state index in [1.807, 2.05) is 6.07 Å². The lowest BCUT2D eigenvalue weighted by molar-refractivity contribution is 0.243. The van der Waals surface area contributed by atoms with Gasteiger partial charge in [-0.15, -0.1) is 10.2 Å². The van der Waals surface area contributed by atoms with E-state index in [4.69, 9.17) is 16.3 Å². The second-order valence-corrected chi connectivity index (χ2v) is 9.60. The summed E-state index contributed by atoms with van der Waals surface area (Å²) in [6, 6.07) is 8.16. The summed E-state index contributed by atoms with van der Waals surface area (Å²) in [4.78, 5) is 8.95. The molecule has 1 aliphatic carbocycles. The fraction of sp³-hybridized carbons (Fsp3) is 0.458. The van der Waals surface area contributed by atoms with E-state index in [9.17, 15) is 4.39 Å². The summed E-state index contributed by atoms with van der Waals surface area (Å²) < 4.78 is 21.2. The molecule has 7 nitrogen and oxygen atoms in total. The van der Waals surface area contributed by atoms with Crippen molar-refractivity contribution < 1.29 is 9.13 Å². The van der Waals surface area contributed by atoms with Crippen molar-refractivity contribution in [2.75, 3.05) is 25.1 Å². The zero-order valence-corrected chi connectivity index (χ0v) is 19.3. The van der Waals surface area contributed by atoms with Gasteiger partial charge in [0.15, 0.2) is 17.4 Å². The summed E-state index contributed by atoms with van der Waals surface area (Å²) in [5.41, 5.74) is 2.37. The topological polar surface area (TPSA) is 59.3 Å². The Kier molecular flexibility index (Phi) is 5.22. The van der Waals surface area contributed by atoms with Crippen LogP contribution in [0.25, 0.3) is 5.69 Å². The molecule has 33 heavy (non-hydrogen) atoms. The van der Waals surface area contributed by atoms with Gasteiger partial charge in [0.05, 0.1) is 25.5 Å². The van der Waals surface area contributed by atoms with Gasteiger partial charge in [-0.2, -0.15) is 0 Å². The molecule has 2 fully saturated rings. The summed E-state index contributed by atoms with van der Waals surface area (Å²) in [6.45, 7) is 3.28. The maximum atomic E-state index is 13.6. The van der Waals surface area contributed by atoms with Gasteiger partial charge in [0.25, 0.3) is 0 Å². The van der Waals surface area contributed by atoms with E-state index in [0.717, 1.165) is 61.4 Å². The van der Waals surface area contributed by atoms with Crippen LogP contribution in [0, 0.1) is 5.82 Å². The van der Waals surface area contributed by atoms with Crippen molar-refractivity contribution >= 4 is 17.4 Å². The number of methoxy groups -OCH3 is 1. The van der Waals surface area contributed by atoms with Gasteiger partial charge in [0.1, 0.15) is 11.6 Å². The number of piperidine rings is 1. The number of nitrogens with zero attached hydrogens (tertiary/aromatic N) is 6. The van der Waals surface area contributed by atoms with Gasteiger partial charge >= 0.3 is 0 Å². The van der Waals surface area contributed by atoms with Crippen LogP contribution in [0.1, 0.15) is 48.8 Å². The predicted molar refractivity (Wildman–Crippen MR) is 124 cm³/mol. The van der Waals surface area contributed by atoms with Crippen LogP contribution in [0.3, 0.4) is 0 Å². The minimum Gasteiger partial charge on any atom is -0.493 e. The van der Waals surface area contributed by atoms with Crippen molar-refractivity contribution in [3.63, 3.8) is 0 Å². The number of aromatic nitrogens is 4. The molecule has 1 aromatic carbocycles. The number of rotatable bonds is 4. The number of hydrogen-bond donors (Lipinski definition) is 0. The Hall–Kier alpha value is -2.71. The Bertz CT molecular complexity index is 1190. The molecule has 3 aromatic rings. The highest BCUT2D eigenvalue weighted by Crippen LogP contribution is 2.38. The third kappa shape index (κ3) is 3.85. The molecule has 0 amide bonds. The number of fused-ring (bicyclic) bond motifs is 3. The maximum absolute atomic E-state index is 13.6. The Morgan fingerprint density at radius 2 is 1.88 bits per heavy atom. The molecule has 1 saturated heterocycles. The van der Waals surface area contributed by atoms with Crippen LogP contribution in [0.2, 0.25) is 5.02 Å². The lowest BCUT2D eigenvalue weighted by Gasteiger charge is -2.33. The molecule has 3 aliphatic rings. The van der Waals surface area contributed by atoms with Gasteiger partial charge in [0.2, 0.25) is 0 Å². The third-order valence-corrected chi connectivity index (χ3v) is 7.23.